The van der Waals surface area contributed by atoms with E-state index in [9.17, 15) is 23.2 Å². The quantitative estimate of drug-likeness (QED) is 0.564. The smallest absolute Gasteiger partial charge is 0.408 e. The molecule has 25 heavy (non-hydrogen) atoms. The molecule has 1 aromatic rings. The van der Waals surface area contributed by atoms with E-state index >= 15 is 0 Å². The Kier molecular flexibility index (Phi) is 7.77. The minimum atomic E-state index is -3.78. The second-order valence-electron chi connectivity index (χ2n) is 5.02. The number of ether oxygens (including phenoxy) is 3. The number of halogens is 2. The third-order valence-corrected chi connectivity index (χ3v) is 3.22. The van der Waals surface area contributed by atoms with Crippen LogP contribution >= 0.6 is 0 Å². The van der Waals surface area contributed by atoms with Crippen LogP contribution in [0, 0.1) is 0 Å². The molecule has 1 atom stereocenters. The molecule has 0 bridgehead atoms. The van der Waals surface area contributed by atoms with Gasteiger partial charge in [0.15, 0.2) is 0 Å². The summed E-state index contributed by atoms with van der Waals surface area (Å²) in [7, 11) is 1.87. The van der Waals surface area contributed by atoms with Crippen LogP contribution in [0.25, 0.3) is 0 Å². The van der Waals surface area contributed by atoms with E-state index in [-0.39, 0.29) is 6.61 Å². The maximum atomic E-state index is 13.5. The predicted molar refractivity (Wildman–Crippen MR) is 81.8 cm³/mol. The van der Waals surface area contributed by atoms with Crippen LogP contribution in [-0.2, 0) is 30.4 Å². The highest BCUT2D eigenvalue weighted by molar-refractivity contribution is 5.81. The summed E-state index contributed by atoms with van der Waals surface area (Å²) in [6.45, 7) is -0.0567. The SMILES string of the molecule is COC(=O)C(CCC(F)(F)C(=O)OC)NC(=O)OCc1ccccc1. The molecule has 0 aliphatic heterocycles. The fourth-order valence-electron chi connectivity index (χ4n) is 1.88. The lowest BCUT2D eigenvalue weighted by atomic mass is 10.1. The highest BCUT2D eigenvalue weighted by atomic mass is 19.3. The minimum absolute atomic E-state index is 0.0567. The maximum absolute atomic E-state index is 13.5. The summed E-state index contributed by atoms with van der Waals surface area (Å²) in [5, 5.41) is 2.15. The number of nitrogens with one attached hydrogen (secondary N) is 1. The van der Waals surface area contributed by atoms with Gasteiger partial charge in [-0.05, 0) is 12.0 Å². The summed E-state index contributed by atoms with van der Waals surface area (Å²) >= 11 is 0. The molecule has 1 aromatic carbocycles. The lowest BCUT2D eigenvalue weighted by molar-refractivity contribution is -0.170. The summed E-state index contributed by atoms with van der Waals surface area (Å²) in [5.41, 5.74) is 0.712. The number of alkyl carbamates (subject to hydrolysis) is 1. The van der Waals surface area contributed by atoms with Gasteiger partial charge >= 0.3 is 24.0 Å². The Labute approximate surface area is 143 Å². The van der Waals surface area contributed by atoms with Crippen molar-refractivity contribution in [3.05, 3.63) is 35.9 Å². The molecule has 1 rings (SSSR count). The van der Waals surface area contributed by atoms with E-state index in [0.29, 0.717) is 5.56 Å². The van der Waals surface area contributed by atoms with Crippen molar-refractivity contribution >= 4 is 18.0 Å². The van der Waals surface area contributed by atoms with Crippen LogP contribution in [0.15, 0.2) is 30.3 Å². The molecule has 0 fully saturated rings. The Balaban J connectivity index is 2.59. The van der Waals surface area contributed by atoms with Crippen molar-refractivity contribution in [2.45, 2.75) is 31.4 Å². The molecule has 138 valence electrons. The Morgan fingerprint density at radius 2 is 1.76 bits per heavy atom. The third-order valence-electron chi connectivity index (χ3n) is 3.22. The third kappa shape index (κ3) is 6.74. The van der Waals surface area contributed by atoms with E-state index in [4.69, 9.17) is 4.74 Å². The van der Waals surface area contributed by atoms with Crippen molar-refractivity contribution in [3.8, 4) is 0 Å². The fraction of sp³-hybridized carbons (Fsp3) is 0.438. The minimum Gasteiger partial charge on any atom is -0.467 e. The van der Waals surface area contributed by atoms with E-state index in [0.717, 1.165) is 14.2 Å². The highest BCUT2D eigenvalue weighted by Crippen LogP contribution is 2.23. The summed E-state index contributed by atoms with van der Waals surface area (Å²) in [5.74, 6) is -6.43. The molecular weight excluding hydrogens is 340 g/mol. The van der Waals surface area contributed by atoms with Crippen LogP contribution in [0.4, 0.5) is 13.6 Å². The first-order chi connectivity index (χ1) is 11.8. The summed E-state index contributed by atoms with van der Waals surface area (Å²) in [6, 6.07) is 7.36. The van der Waals surface area contributed by atoms with Gasteiger partial charge in [-0.1, -0.05) is 30.3 Å². The van der Waals surface area contributed by atoms with Crippen LogP contribution < -0.4 is 5.32 Å². The molecular formula is C16H19F2NO6. The largest absolute Gasteiger partial charge is 0.467 e. The van der Waals surface area contributed by atoms with Crippen molar-refractivity contribution in [1.82, 2.24) is 5.32 Å². The zero-order chi connectivity index (χ0) is 18.9. The number of carbonyl (C=O) groups excluding carboxylic acids is 3. The van der Waals surface area contributed by atoms with Crippen molar-refractivity contribution in [2.24, 2.45) is 0 Å². The van der Waals surface area contributed by atoms with Gasteiger partial charge in [0.25, 0.3) is 0 Å². The number of methoxy groups -OCH3 is 2. The molecule has 1 unspecified atom stereocenters. The Morgan fingerprint density at radius 3 is 2.32 bits per heavy atom. The van der Waals surface area contributed by atoms with Gasteiger partial charge in [0, 0.05) is 6.42 Å². The predicted octanol–water partition coefficient (Wildman–Crippen LogP) is 2.04. The number of hydrogen-bond donors (Lipinski definition) is 1. The molecule has 0 aliphatic rings. The van der Waals surface area contributed by atoms with Crippen molar-refractivity contribution < 1.29 is 37.4 Å². The molecule has 0 radical (unpaired) electrons. The first kappa shape index (κ1) is 20.3. The number of carbonyl (C=O) groups is 3. The fourth-order valence-corrected chi connectivity index (χ4v) is 1.88. The first-order valence-electron chi connectivity index (χ1n) is 7.31. The summed E-state index contributed by atoms with van der Waals surface area (Å²) in [4.78, 5) is 34.3. The number of alkyl halides is 2. The van der Waals surface area contributed by atoms with E-state index in [1.54, 1.807) is 30.3 Å². The zero-order valence-electron chi connectivity index (χ0n) is 13.8. The molecule has 0 aromatic heterocycles. The van der Waals surface area contributed by atoms with E-state index in [1.165, 1.54) is 0 Å². The molecule has 0 heterocycles. The summed E-state index contributed by atoms with van der Waals surface area (Å²) in [6.07, 6.45) is -2.51. The van der Waals surface area contributed by atoms with Gasteiger partial charge in [0.2, 0.25) is 0 Å². The molecule has 9 heteroatoms. The highest BCUT2D eigenvalue weighted by Gasteiger charge is 2.41. The van der Waals surface area contributed by atoms with E-state index in [1.807, 2.05) is 0 Å². The monoisotopic (exact) mass is 359 g/mol. The van der Waals surface area contributed by atoms with Crippen molar-refractivity contribution in [3.63, 3.8) is 0 Å². The van der Waals surface area contributed by atoms with Crippen molar-refractivity contribution in [2.75, 3.05) is 14.2 Å². The molecule has 0 saturated carbocycles. The van der Waals surface area contributed by atoms with Crippen LogP contribution in [0.2, 0.25) is 0 Å². The zero-order valence-corrected chi connectivity index (χ0v) is 13.8. The Hall–Kier alpha value is -2.71. The number of amides is 1. The van der Waals surface area contributed by atoms with Crippen LogP contribution in [0.3, 0.4) is 0 Å². The maximum Gasteiger partial charge on any atom is 0.408 e. The van der Waals surface area contributed by atoms with Crippen molar-refractivity contribution in [1.29, 1.82) is 0 Å². The van der Waals surface area contributed by atoms with Crippen LogP contribution in [0.1, 0.15) is 18.4 Å². The van der Waals surface area contributed by atoms with Gasteiger partial charge in [0.1, 0.15) is 12.6 Å². The second kappa shape index (κ2) is 9.55. The van der Waals surface area contributed by atoms with Gasteiger partial charge in [-0.25, -0.2) is 14.4 Å². The van der Waals surface area contributed by atoms with Gasteiger partial charge in [0.05, 0.1) is 14.2 Å². The van der Waals surface area contributed by atoms with Gasteiger partial charge in [-0.2, -0.15) is 8.78 Å². The van der Waals surface area contributed by atoms with E-state index < -0.39 is 42.8 Å². The molecule has 0 saturated heterocycles. The van der Waals surface area contributed by atoms with Crippen LogP contribution in [-0.4, -0.2) is 44.2 Å². The average molecular weight is 359 g/mol. The molecule has 1 N–H and O–H groups in total. The van der Waals surface area contributed by atoms with E-state index in [2.05, 4.69) is 14.8 Å². The standard InChI is InChI=1S/C16H19F2NO6/c1-23-13(20)12(8-9-16(17,18)14(21)24-2)19-15(22)25-10-11-6-4-3-5-7-11/h3-7,12H,8-10H2,1-2H3,(H,19,22). The normalized spacial score (nSPS) is 12.0. The number of esters is 2. The van der Waals surface area contributed by atoms with Gasteiger partial charge in [-0.3, -0.25) is 0 Å². The lowest BCUT2D eigenvalue weighted by Gasteiger charge is -2.19. The number of rotatable bonds is 8. The molecule has 0 spiro atoms. The number of benzene rings is 1. The lowest BCUT2D eigenvalue weighted by Crippen LogP contribution is -2.43. The first-order valence-corrected chi connectivity index (χ1v) is 7.31. The second-order valence-corrected chi connectivity index (χ2v) is 5.02. The number of hydrogen-bond acceptors (Lipinski definition) is 6. The van der Waals surface area contributed by atoms with Gasteiger partial charge in [-0.15, -0.1) is 0 Å². The molecule has 1 amide bonds. The average Bonchev–Trinajstić information content (AvgIpc) is 2.62. The topological polar surface area (TPSA) is 90.9 Å². The Bertz CT molecular complexity index is 594. The Morgan fingerprint density at radius 1 is 1.12 bits per heavy atom. The van der Waals surface area contributed by atoms with Crippen LogP contribution in [0.5, 0.6) is 0 Å². The molecule has 0 aliphatic carbocycles. The summed E-state index contributed by atoms with van der Waals surface area (Å²) < 4.78 is 40.3. The van der Waals surface area contributed by atoms with Gasteiger partial charge < -0.3 is 19.5 Å². The molecule has 7 nitrogen and oxygen atoms in total.